The molecular weight excluding hydrogens is 428 g/mol. The van der Waals surface area contributed by atoms with Gasteiger partial charge in [-0.3, -0.25) is 4.79 Å². The first kappa shape index (κ1) is 25.0. The number of fused-ring (bicyclic) bond motifs is 1. The first-order chi connectivity index (χ1) is 16.5. The predicted molar refractivity (Wildman–Crippen MR) is 134 cm³/mol. The standard InChI is InChI=1S/C28H32N2O4/c1-21-16-22(2)27-24(17-21)18-25(14-10-5-3-4-6-11-15-33-28(27)32)30-34-20-26(31)29-19-23-12-8-7-9-13-23/h4,6-10,12-14,16-17H,3,5,11,15,18-20H2,1-2H3,(H,29,31)/b6-4+,14-10+,30-25-. The maximum absolute atomic E-state index is 12.8. The van der Waals surface area contributed by atoms with Crippen LogP contribution >= 0.6 is 0 Å². The Bertz CT molecular complexity index is 1070. The van der Waals surface area contributed by atoms with E-state index in [0.29, 0.717) is 37.3 Å². The Morgan fingerprint density at radius 3 is 2.65 bits per heavy atom. The van der Waals surface area contributed by atoms with Gasteiger partial charge in [0.05, 0.1) is 17.9 Å². The molecule has 1 N–H and O–H groups in total. The third-order valence-electron chi connectivity index (χ3n) is 5.34. The van der Waals surface area contributed by atoms with Crippen molar-refractivity contribution in [2.24, 2.45) is 5.16 Å². The lowest BCUT2D eigenvalue weighted by Gasteiger charge is -2.14. The number of rotatable bonds is 5. The Morgan fingerprint density at radius 2 is 1.82 bits per heavy atom. The normalized spacial score (nSPS) is 17.7. The number of carbonyl (C=O) groups is 2. The van der Waals surface area contributed by atoms with Crippen molar-refractivity contribution >= 4 is 17.6 Å². The second kappa shape index (κ2) is 13.1. The summed E-state index contributed by atoms with van der Waals surface area (Å²) in [5, 5.41) is 7.05. The number of hydrogen-bond donors (Lipinski definition) is 1. The number of hydrogen-bond acceptors (Lipinski definition) is 5. The molecule has 6 nitrogen and oxygen atoms in total. The maximum Gasteiger partial charge on any atom is 0.338 e. The lowest BCUT2D eigenvalue weighted by Crippen LogP contribution is -2.26. The number of nitrogens with zero attached hydrogens (tertiary/aromatic N) is 1. The van der Waals surface area contributed by atoms with Gasteiger partial charge >= 0.3 is 5.97 Å². The lowest BCUT2D eigenvalue weighted by atomic mass is 9.95. The number of esters is 1. The van der Waals surface area contributed by atoms with E-state index in [1.165, 1.54) is 0 Å². The number of carbonyl (C=O) groups excluding carboxylic acids is 2. The fourth-order valence-corrected chi connectivity index (χ4v) is 3.76. The molecule has 0 saturated heterocycles. The summed E-state index contributed by atoms with van der Waals surface area (Å²) in [7, 11) is 0. The van der Waals surface area contributed by atoms with Crippen LogP contribution in [0.1, 0.15) is 51.9 Å². The minimum absolute atomic E-state index is 0.186. The monoisotopic (exact) mass is 460 g/mol. The van der Waals surface area contributed by atoms with Gasteiger partial charge in [0.25, 0.3) is 5.91 Å². The van der Waals surface area contributed by atoms with E-state index >= 15 is 0 Å². The molecule has 0 unspecified atom stereocenters. The number of amides is 1. The van der Waals surface area contributed by atoms with Crippen LogP contribution in [-0.2, 0) is 27.3 Å². The number of oxime groups is 1. The van der Waals surface area contributed by atoms with Crippen molar-refractivity contribution in [3.63, 3.8) is 0 Å². The van der Waals surface area contributed by atoms with Crippen molar-refractivity contribution in [1.82, 2.24) is 5.32 Å². The molecule has 0 fully saturated rings. The Labute approximate surface area is 201 Å². The van der Waals surface area contributed by atoms with Gasteiger partial charge in [-0.25, -0.2) is 4.79 Å². The fourth-order valence-electron chi connectivity index (χ4n) is 3.76. The van der Waals surface area contributed by atoms with Gasteiger partial charge < -0.3 is 14.9 Å². The predicted octanol–water partition coefficient (Wildman–Crippen LogP) is 4.99. The number of ether oxygens (including phenoxy) is 1. The van der Waals surface area contributed by atoms with Crippen LogP contribution in [0.3, 0.4) is 0 Å². The number of aryl methyl sites for hydroxylation is 2. The number of nitrogens with one attached hydrogen (secondary N) is 1. The Morgan fingerprint density at radius 1 is 1.06 bits per heavy atom. The molecule has 0 saturated carbocycles. The summed E-state index contributed by atoms with van der Waals surface area (Å²) in [5.74, 6) is -0.582. The fraction of sp³-hybridized carbons (Fsp3) is 0.321. The van der Waals surface area contributed by atoms with Crippen molar-refractivity contribution < 1.29 is 19.2 Å². The first-order valence-electron chi connectivity index (χ1n) is 11.6. The maximum atomic E-state index is 12.8. The molecule has 178 valence electrons. The molecule has 3 rings (SSSR count). The van der Waals surface area contributed by atoms with Crippen molar-refractivity contribution in [3.05, 3.63) is 94.6 Å². The molecule has 0 atom stereocenters. The van der Waals surface area contributed by atoms with Gasteiger partial charge in [0.2, 0.25) is 0 Å². The molecule has 0 bridgehead atoms. The van der Waals surface area contributed by atoms with Crippen LogP contribution in [0.5, 0.6) is 0 Å². The van der Waals surface area contributed by atoms with Gasteiger partial charge in [0.1, 0.15) is 0 Å². The molecular formula is C28H32N2O4. The summed E-state index contributed by atoms with van der Waals surface area (Å²) in [6.07, 6.45) is 10.9. The van der Waals surface area contributed by atoms with Gasteiger partial charge in [-0.2, -0.15) is 0 Å². The molecule has 0 aliphatic carbocycles. The van der Waals surface area contributed by atoms with E-state index < -0.39 is 0 Å². The zero-order valence-electron chi connectivity index (χ0n) is 19.9. The van der Waals surface area contributed by atoms with Crippen LogP contribution in [-0.4, -0.2) is 30.8 Å². The van der Waals surface area contributed by atoms with E-state index in [4.69, 9.17) is 9.57 Å². The average Bonchev–Trinajstić information content (AvgIpc) is 2.81. The third-order valence-corrected chi connectivity index (χ3v) is 5.34. The molecule has 34 heavy (non-hydrogen) atoms. The smallest absolute Gasteiger partial charge is 0.338 e. The van der Waals surface area contributed by atoms with Gasteiger partial charge in [0.15, 0.2) is 6.61 Å². The molecule has 1 aliphatic heterocycles. The van der Waals surface area contributed by atoms with Crippen LogP contribution in [0.15, 0.2) is 71.9 Å². The van der Waals surface area contributed by atoms with E-state index in [0.717, 1.165) is 35.1 Å². The van der Waals surface area contributed by atoms with E-state index in [2.05, 4.69) is 16.5 Å². The van der Waals surface area contributed by atoms with Gasteiger partial charge in [-0.1, -0.05) is 71.4 Å². The quantitative estimate of drug-likeness (QED) is 0.388. The highest BCUT2D eigenvalue weighted by Crippen LogP contribution is 2.20. The Balaban J connectivity index is 1.73. The summed E-state index contributed by atoms with van der Waals surface area (Å²) in [6.45, 7) is 4.50. The Kier molecular flexibility index (Phi) is 9.65. The molecule has 0 spiro atoms. The average molecular weight is 461 g/mol. The Hall–Kier alpha value is -3.67. The molecule has 1 amide bonds. The third kappa shape index (κ3) is 8.03. The first-order valence-corrected chi connectivity index (χ1v) is 11.6. The second-order valence-electron chi connectivity index (χ2n) is 8.29. The van der Waals surface area contributed by atoms with Crippen LogP contribution in [0.2, 0.25) is 0 Å². The van der Waals surface area contributed by atoms with E-state index in [-0.39, 0.29) is 18.5 Å². The summed E-state index contributed by atoms with van der Waals surface area (Å²) >= 11 is 0. The van der Waals surface area contributed by atoms with Crippen molar-refractivity contribution in [2.45, 2.75) is 46.1 Å². The lowest BCUT2D eigenvalue weighted by molar-refractivity contribution is -0.125. The zero-order chi connectivity index (χ0) is 24.2. The molecule has 0 aromatic heterocycles. The highest BCUT2D eigenvalue weighted by atomic mass is 16.6. The van der Waals surface area contributed by atoms with E-state index in [1.807, 2.05) is 74.5 Å². The summed E-state index contributed by atoms with van der Waals surface area (Å²) in [6, 6.07) is 13.6. The molecule has 2 aromatic rings. The van der Waals surface area contributed by atoms with Crippen LogP contribution in [0.25, 0.3) is 0 Å². The van der Waals surface area contributed by atoms with Crippen molar-refractivity contribution in [2.75, 3.05) is 13.2 Å². The number of cyclic esters (lactones) is 1. The van der Waals surface area contributed by atoms with Crippen molar-refractivity contribution in [1.29, 1.82) is 0 Å². The minimum atomic E-state index is -0.331. The zero-order valence-corrected chi connectivity index (χ0v) is 19.9. The van der Waals surface area contributed by atoms with E-state index in [1.54, 1.807) is 0 Å². The van der Waals surface area contributed by atoms with Gasteiger partial charge in [0, 0.05) is 13.0 Å². The number of benzene rings is 2. The van der Waals surface area contributed by atoms with Gasteiger partial charge in [-0.05, 0) is 55.9 Å². The summed E-state index contributed by atoms with van der Waals surface area (Å²) in [4.78, 5) is 30.4. The van der Waals surface area contributed by atoms with Gasteiger partial charge in [-0.15, -0.1) is 0 Å². The highest BCUT2D eigenvalue weighted by molar-refractivity contribution is 6.00. The number of allylic oxidation sites excluding steroid dienone is 3. The largest absolute Gasteiger partial charge is 0.462 e. The molecule has 6 heteroatoms. The minimum Gasteiger partial charge on any atom is -0.462 e. The van der Waals surface area contributed by atoms with Crippen molar-refractivity contribution in [3.8, 4) is 0 Å². The molecule has 1 heterocycles. The molecule has 1 aliphatic rings. The van der Waals surface area contributed by atoms with Crippen LogP contribution in [0, 0.1) is 13.8 Å². The van der Waals surface area contributed by atoms with Crippen LogP contribution in [0.4, 0.5) is 0 Å². The topological polar surface area (TPSA) is 77.0 Å². The summed E-state index contributed by atoms with van der Waals surface area (Å²) < 4.78 is 5.51. The molecule has 0 radical (unpaired) electrons. The molecule has 2 aromatic carbocycles. The summed E-state index contributed by atoms with van der Waals surface area (Å²) in [5.41, 5.74) is 4.96. The van der Waals surface area contributed by atoms with E-state index in [9.17, 15) is 9.59 Å². The van der Waals surface area contributed by atoms with Crippen LogP contribution < -0.4 is 5.32 Å². The highest BCUT2D eigenvalue weighted by Gasteiger charge is 2.18. The second-order valence-corrected chi connectivity index (χ2v) is 8.29. The SMILES string of the molecule is Cc1cc(C)c2c(c1)CC(=N\OCC(=O)NCc1ccccc1)/C=C/CC/C=C/CCOC2=O.